The molecule has 0 saturated heterocycles. The Hall–Kier alpha value is -2.49. The van der Waals surface area contributed by atoms with Gasteiger partial charge in [0.05, 0.1) is 13.0 Å². The van der Waals surface area contributed by atoms with E-state index in [9.17, 15) is 15.0 Å². The van der Waals surface area contributed by atoms with Crippen molar-refractivity contribution in [3.05, 3.63) is 58.7 Å². The van der Waals surface area contributed by atoms with Gasteiger partial charge in [0.15, 0.2) is 11.5 Å². The first kappa shape index (κ1) is 15.9. The van der Waals surface area contributed by atoms with Crippen LogP contribution < -0.4 is 4.74 Å². The molecule has 1 unspecified atom stereocenters. The minimum atomic E-state index is -0.862. The van der Waals surface area contributed by atoms with Crippen LogP contribution in [0.25, 0.3) is 0 Å². The Balaban J connectivity index is 2.35. The number of aliphatic carboxylic acids is 1. The Kier molecular flexibility index (Phi) is 4.71. The maximum atomic E-state index is 11.7. The van der Waals surface area contributed by atoms with Crippen molar-refractivity contribution >= 4 is 5.97 Å². The normalized spacial score (nSPS) is 12.0. The molecule has 0 aliphatic rings. The predicted molar refractivity (Wildman–Crippen MR) is 84.7 cm³/mol. The van der Waals surface area contributed by atoms with E-state index < -0.39 is 11.9 Å². The average Bonchev–Trinajstić information content (AvgIpc) is 2.47. The van der Waals surface area contributed by atoms with Crippen molar-refractivity contribution in [1.29, 1.82) is 0 Å². The summed E-state index contributed by atoms with van der Waals surface area (Å²) in [7, 11) is 1.47. The molecule has 0 aliphatic carbocycles. The van der Waals surface area contributed by atoms with Crippen LogP contribution in [-0.2, 0) is 11.2 Å². The lowest BCUT2D eigenvalue weighted by Gasteiger charge is -2.16. The summed E-state index contributed by atoms with van der Waals surface area (Å²) in [4.78, 5) is 11.7. The summed E-state index contributed by atoms with van der Waals surface area (Å²) in [6, 6.07) is 10.7. The van der Waals surface area contributed by atoms with Gasteiger partial charge < -0.3 is 14.9 Å². The van der Waals surface area contributed by atoms with Gasteiger partial charge in [-0.1, -0.05) is 29.8 Å². The van der Waals surface area contributed by atoms with Crippen molar-refractivity contribution in [2.75, 3.05) is 7.11 Å². The fraction of sp³-hybridized carbons (Fsp3) is 0.278. The Morgan fingerprint density at radius 2 is 1.91 bits per heavy atom. The highest BCUT2D eigenvalue weighted by atomic mass is 16.5. The lowest BCUT2D eigenvalue weighted by atomic mass is 9.88. The molecule has 0 spiro atoms. The highest BCUT2D eigenvalue weighted by Crippen LogP contribution is 2.30. The number of rotatable bonds is 5. The summed E-state index contributed by atoms with van der Waals surface area (Å²) in [5.41, 5.74) is 3.70. The van der Waals surface area contributed by atoms with Gasteiger partial charge in [0.1, 0.15) is 0 Å². The van der Waals surface area contributed by atoms with Crippen LogP contribution in [0.15, 0.2) is 36.4 Å². The monoisotopic (exact) mass is 300 g/mol. The molecule has 2 aromatic carbocycles. The standard InChI is InChI=1S/C18H20O4/c1-11-4-6-14(12(2)8-11)15(18(20)21)9-13-5-7-16(19)17(10-13)22-3/h4-8,10,15,19H,9H2,1-3H3,(H,20,21). The largest absolute Gasteiger partial charge is 0.504 e. The lowest BCUT2D eigenvalue weighted by Crippen LogP contribution is -2.15. The van der Waals surface area contributed by atoms with Crippen LogP contribution in [-0.4, -0.2) is 23.3 Å². The van der Waals surface area contributed by atoms with Gasteiger partial charge in [0.25, 0.3) is 0 Å². The van der Waals surface area contributed by atoms with Crippen LogP contribution in [0, 0.1) is 13.8 Å². The van der Waals surface area contributed by atoms with E-state index in [2.05, 4.69) is 0 Å². The van der Waals surface area contributed by atoms with E-state index in [0.29, 0.717) is 12.2 Å². The van der Waals surface area contributed by atoms with Crippen molar-refractivity contribution in [2.24, 2.45) is 0 Å². The number of carbonyl (C=O) groups is 1. The minimum Gasteiger partial charge on any atom is -0.504 e. The zero-order valence-corrected chi connectivity index (χ0v) is 13.0. The van der Waals surface area contributed by atoms with Crippen molar-refractivity contribution in [2.45, 2.75) is 26.2 Å². The summed E-state index contributed by atoms with van der Waals surface area (Å²) >= 11 is 0. The molecule has 22 heavy (non-hydrogen) atoms. The molecule has 0 aromatic heterocycles. The molecular formula is C18H20O4. The van der Waals surface area contributed by atoms with Gasteiger partial charge in [-0.15, -0.1) is 0 Å². The van der Waals surface area contributed by atoms with Gasteiger partial charge >= 0.3 is 5.97 Å². The summed E-state index contributed by atoms with van der Waals surface area (Å²) in [5.74, 6) is -1.10. The van der Waals surface area contributed by atoms with E-state index in [0.717, 1.165) is 22.3 Å². The molecule has 1 atom stereocenters. The Labute approximate surface area is 130 Å². The Bertz CT molecular complexity index is 691. The average molecular weight is 300 g/mol. The fourth-order valence-electron chi connectivity index (χ4n) is 2.63. The molecule has 116 valence electrons. The minimum absolute atomic E-state index is 0.0460. The summed E-state index contributed by atoms with van der Waals surface area (Å²) < 4.78 is 5.08. The summed E-state index contributed by atoms with van der Waals surface area (Å²) in [6.07, 6.45) is 0.343. The van der Waals surface area contributed by atoms with Gasteiger partial charge in [0.2, 0.25) is 0 Å². The van der Waals surface area contributed by atoms with Crippen LogP contribution in [0.2, 0.25) is 0 Å². The number of carboxylic acid groups (broad SMARTS) is 1. The van der Waals surface area contributed by atoms with E-state index in [1.807, 2.05) is 32.0 Å². The topological polar surface area (TPSA) is 66.8 Å². The fourth-order valence-corrected chi connectivity index (χ4v) is 2.63. The first-order valence-corrected chi connectivity index (χ1v) is 7.08. The van der Waals surface area contributed by atoms with Crippen molar-refractivity contribution < 1.29 is 19.7 Å². The molecule has 4 heteroatoms. The zero-order chi connectivity index (χ0) is 16.3. The first-order valence-electron chi connectivity index (χ1n) is 7.08. The first-order chi connectivity index (χ1) is 10.4. The lowest BCUT2D eigenvalue weighted by molar-refractivity contribution is -0.138. The maximum Gasteiger partial charge on any atom is 0.311 e. The number of hydrogen-bond donors (Lipinski definition) is 2. The molecule has 0 heterocycles. The molecule has 0 fully saturated rings. The van der Waals surface area contributed by atoms with Crippen molar-refractivity contribution in [3.63, 3.8) is 0 Å². The van der Waals surface area contributed by atoms with Crippen molar-refractivity contribution in [1.82, 2.24) is 0 Å². The molecule has 4 nitrogen and oxygen atoms in total. The molecule has 2 aromatic rings. The Morgan fingerprint density at radius 3 is 2.50 bits per heavy atom. The number of methoxy groups -OCH3 is 1. The summed E-state index contributed by atoms with van der Waals surface area (Å²) in [5, 5.41) is 19.2. The molecule has 0 aliphatic heterocycles. The Morgan fingerprint density at radius 1 is 1.18 bits per heavy atom. The predicted octanol–water partition coefficient (Wildman–Crippen LogP) is 3.43. The highest BCUT2D eigenvalue weighted by Gasteiger charge is 2.22. The third kappa shape index (κ3) is 3.39. The van der Waals surface area contributed by atoms with Gasteiger partial charge in [-0.05, 0) is 49.1 Å². The van der Waals surface area contributed by atoms with Gasteiger partial charge in [-0.3, -0.25) is 4.79 Å². The van der Waals surface area contributed by atoms with Gasteiger partial charge in [0, 0.05) is 0 Å². The van der Waals surface area contributed by atoms with Crippen LogP contribution >= 0.6 is 0 Å². The molecule has 0 bridgehead atoms. The third-order valence-electron chi connectivity index (χ3n) is 3.78. The maximum absolute atomic E-state index is 11.7. The second-order valence-electron chi connectivity index (χ2n) is 5.46. The SMILES string of the molecule is COc1cc(CC(C(=O)O)c2ccc(C)cc2C)ccc1O. The van der Waals surface area contributed by atoms with Crippen LogP contribution in [0.1, 0.15) is 28.2 Å². The highest BCUT2D eigenvalue weighted by molar-refractivity contribution is 5.77. The molecule has 0 saturated carbocycles. The second kappa shape index (κ2) is 6.52. The number of aromatic hydroxyl groups is 1. The molecule has 0 radical (unpaired) electrons. The molecule has 2 N–H and O–H groups in total. The van der Waals surface area contributed by atoms with E-state index in [1.54, 1.807) is 12.1 Å². The van der Waals surface area contributed by atoms with Crippen LogP contribution in [0.5, 0.6) is 11.5 Å². The van der Waals surface area contributed by atoms with E-state index in [4.69, 9.17) is 4.74 Å². The second-order valence-corrected chi connectivity index (χ2v) is 5.46. The molecular weight excluding hydrogens is 280 g/mol. The number of aryl methyl sites for hydroxylation is 2. The smallest absolute Gasteiger partial charge is 0.311 e. The number of hydrogen-bond acceptors (Lipinski definition) is 3. The molecule has 0 amide bonds. The number of carboxylic acids is 1. The zero-order valence-electron chi connectivity index (χ0n) is 13.0. The van der Waals surface area contributed by atoms with E-state index >= 15 is 0 Å². The number of benzene rings is 2. The number of phenols is 1. The van der Waals surface area contributed by atoms with E-state index in [1.165, 1.54) is 13.2 Å². The number of ether oxygens (including phenoxy) is 1. The summed E-state index contributed by atoms with van der Waals surface area (Å²) in [6.45, 7) is 3.91. The van der Waals surface area contributed by atoms with Crippen molar-refractivity contribution in [3.8, 4) is 11.5 Å². The number of phenolic OH excluding ortho intramolecular Hbond substituents is 1. The third-order valence-corrected chi connectivity index (χ3v) is 3.78. The van der Waals surface area contributed by atoms with E-state index in [-0.39, 0.29) is 5.75 Å². The van der Waals surface area contributed by atoms with Crippen LogP contribution in [0.4, 0.5) is 0 Å². The quantitative estimate of drug-likeness (QED) is 0.888. The molecule has 2 rings (SSSR count). The van der Waals surface area contributed by atoms with Crippen LogP contribution in [0.3, 0.4) is 0 Å². The van der Waals surface area contributed by atoms with Gasteiger partial charge in [-0.25, -0.2) is 0 Å². The van der Waals surface area contributed by atoms with Gasteiger partial charge in [-0.2, -0.15) is 0 Å².